The van der Waals surface area contributed by atoms with E-state index in [1.165, 1.54) is 0 Å². The number of anilines is 3. The van der Waals surface area contributed by atoms with E-state index >= 15 is 0 Å². The fourth-order valence-electron chi connectivity index (χ4n) is 1.63. The van der Waals surface area contributed by atoms with Crippen molar-refractivity contribution in [3.63, 3.8) is 0 Å². The number of pyridine rings is 1. The molecule has 0 bridgehead atoms. The first-order valence-corrected chi connectivity index (χ1v) is 6.47. The molecule has 6 heteroatoms. The quantitative estimate of drug-likeness (QED) is 0.806. The first-order valence-electron chi connectivity index (χ1n) is 5.72. The van der Waals surface area contributed by atoms with Gasteiger partial charge in [0.15, 0.2) is 0 Å². The molecule has 0 aliphatic heterocycles. The Labute approximate surface area is 121 Å². The Morgan fingerprint density at radius 1 is 1.32 bits per heavy atom. The van der Waals surface area contributed by atoms with Crippen LogP contribution in [0.3, 0.4) is 0 Å². The molecule has 0 aliphatic carbocycles. The normalized spacial score (nSPS) is 10.3. The number of benzene rings is 1. The van der Waals surface area contributed by atoms with E-state index in [0.717, 1.165) is 17.1 Å². The second-order valence-corrected chi connectivity index (χ2v) is 4.76. The molecule has 1 aromatic heterocycles. The van der Waals surface area contributed by atoms with Gasteiger partial charge in [0, 0.05) is 19.7 Å². The Hall–Kier alpha value is -1.65. The van der Waals surface area contributed by atoms with Gasteiger partial charge in [-0.1, -0.05) is 35.3 Å². The highest BCUT2D eigenvalue weighted by Gasteiger charge is 2.06. The van der Waals surface area contributed by atoms with E-state index in [2.05, 4.69) is 15.6 Å². The van der Waals surface area contributed by atoms with Crippen molar-refractivity contribution in [3.8, 4) is 0 Å². The molecular formula is C13H14Cl2N4. The molecule has 0 aliphatic rings. The van der Waals surface area contributed by atoms with E-state index in [0.29, 0.717) is 22.3 Å². The van der Waals surface area contributed by atoms with Crippen LogP contribution in [0.5, 0.6) is 0 Å². The molecule has 2 aromatic rings. The van der Waals surface area contributed by atoms with Crippen LogP contribution in [0, 0.1) is 0 Å². The first kappa shape index (κ1) is 13.8. The van der Waals surface area contributed by atoms with E-state index in [-0.39, 0.29) is 0 Å². The third kappa shape index (κ3) is 3.22. The summed E-state index contributed by atoms with van der Waals surface area (Å²) in [6, 6.07) is 7.37. The predicted molar refractivity (Wildman–Crippen MR) is 82.0 cm³/mol. The lowest BCUT2D eigenvalue weighted by molar-refractivity contribution is 1.14. The van der Waals surface area contributed by atoms with Crippen molar-refractivity contribution in [2.24, 2.45) is 0 Å². The first-order chi connectivity index (χ1) is 9.11. The van der Waals surface area contributed by atoms with Gasteiger partial charge in [-0.05, 0) is 11.6 Å². The second kappa shape index (κ2) is 5.99. The van der Waals surface area contributed by atoms with Crippen LogP contribution in [0.4, 0.5) is 17.2 Å². The van der Waals surface area contributed by atoms with Gasteiger partial charge in [-0.2, -0.15) is 0 Å². The van der Waals surface area contributed by atoms with Crippen LogP contribution in [0.1, 0.15) is 5.56 Å². The molecule has 0 saturated heterocycles. The maximum atomic E-state index is 6.13. The summed E-state index contributed by atoms with van der Waals surface area (Å²) in [5.41, 5.74) is 8.16. The fraction of sp³-hybridized carbons (Fsp3) is 0.154. The Morgan fingerprint density at radius 2 is 2.11 bits per heavy atom. The van der Waals surface area contributed by atoms with Gasteiger partial charge in [0.2, 0.25) is 0 Å². The van der Waals surface area contributed by atoms with Gasteiger partial charge >= 0.3 is 0 Å². The number of nitrogen functional groups attached to an aromatic ring is 1. The Morgan fingerprint density at radius 3 is 2.84 bits per heavy atom. The van der Waals surface area contributed by atoms with E-state index < -0.39 is 0 Å². The average Bonchev–Trinajstić information content (AvgIpc) is 2.42. The highest BCUT2D eigenvalue weighted by Crippen LogP contribution is 2.27. The summed E-state index contributed by atoms with van der Waals surface area (Å²) in [6.45, 7) is 0.538. The Balaban J connectivity index is 2.16. The lowest BCUT2D eigenvalue weighted by atomic mass is 10.2. The van der Waals surface area contributed by atoms with Crippen molar-refractivity contribution in [2.75, 3.05) is 23.4 Å². The number of aromatic nitrogens is 1. The number of hydrogen-bond donors (Lipinski definition) is 3. The summed E-state index contributed by atoms with van der Waals surface area (Å²) >= 11 is 12.1. The smallest absolute Gasteiger partial charge is 0.127 e. The third-order valence-corrected chi connectivity index (χ3v) is 3.55. The van der Waals surface area contributed by atoms with Gasteiger partial charge in [-0.3, -0.25) is 0 Å². The molecule has 0 amide bonds. The average molecular weight is 297 g/mol. The molecule has 4 N–H and O–H groups in total. The maximum absolute atomic E-state index is 6.13. The fourth-order valence-corrected chi connectivity index (χ4v) is 2.02. The van der Waals surface area contributed by atoms with Crippen LogP contribution >= 0.6 is 23.2 Å². The molecule has 1 aromatic carbocycles. The van der Waals surface area contributed by atoms with Crippen LogP contribution in [0.25, 0.3) is 0 Å². The summed E-state index contributed by atoms with van der Waals surface area (Å²) in [4.78, 5) is 4.12. The standard InChI is InChI=1S/C13H14Cl2N4/c1-17-12-5-11(10(16)7-19-12)18-6-8-3-2-4-9(14)13(8)15/h2-5,7H,6,16H2,1H3,(H2,17,18,19). The highest BCUT2D eigenvalue weighted by molar-refractivity contribution is 6.42. The topological polar surface area (TPSA) is 63.0 Å². The van der Waals surface area contributed by atoms with Crippen LogP contribution in [0.15, 0.2) is 30.5 Å². The zero-order chi connectivity index (χ0) is 13.8. The number of nitrogens with one attached hydrogen (secondary N) is 2. The molecule has 0 radical (unpaired) electrons. The number of nitrogens with zero attached hydrogens (tertiary/aromatic N) is 1. The van der Waals surface area contributed by atoms with Gasteiger partial charge in [-0.25, -0.2) is 4.98 Å². The number of rotatable bonds is 4. The number of nitrogens with two attached hydrogens (primary N) is 1. The van der Waals surface area contributed by atoms with Gasteiger partial charge < -0.3 is 16.4 Å². The zero-order valence-electron chi connectivity index (χ0n) is 10.4. The van der Waals surface area contributed by atoms with Crippen molar-refractivity contribution >= 4 is 40.4 Å². The SMILES string of the molecule is CNc1cc(NCc2cccc(Cl)c2Cl)c(N)cn1. The van der Waals surface area contributed by atoms with E-state index in [9.17, 15) is 0 Å². The lowest BCUT2D eigenvalue weighted by Gasteiger charge is -2.12. The summed E-state index contributed by atoms with van der Waals surface area (Å²) in [5.74, 6) is 0.744. The third-order valence-electron chi connectivity index (χ3n) is 2.69. The molecule has 0 saturated carbocycles. The largest absolute Gasteiger partial charge is 0.396 e. The van der Waals surface area contributed by atoms with Crippen LogP contribution in [-0.4, -0.2) is 12.0 Å². The van der Waals surface area contributed by atoms with Crippen LogP contribution in [-0.2, 0) is 6.54 Å². The van der Waals surface area contributed by atoms with Crippen molar-refractivity contribution in [1.82, 2.24) is 4.98 Å². The summed E-state index contributed by atoms with van der Waals surface area (Å²) in [5, 5.41) is 7.28. The number of hydrogen-bond acceptors (Lipinski definition) is 4. The number of halogens is 2. The monoisotopic (exact) mass is 296 g/mol. The minimum absolute atomic E-state index is 0.538. The van der Waals surface area contributed by atoms with Crippen molar-refractivity contribution in [3.05, 3.63) is 46.1 Å². The van der Waals surface area contributed by atoms with Gasteiger partial charge in [0.1, 0.15) is 5.82 Å². The van der Waals surface area contributed by atoms with E-state index in [1.807, 2.05) is 18.2 Å². The zero-order valence-corrected chi connectivity index (χ0v) is 11.9. The molecule has 19 heavy (non-hydrogen) atoms. The molecule has 100 valence electrons. The minimum atomic E-state index is 0.538. The van der Waals surface area contributed by atoms with Crippen molar-refractivity contribution in [1.29, 1.82) is 0 Å². The Bertz CT molecular complexity index is 587. The maximum Gasteiger partial charge on any atom is 0.127 e. The van der Waals surface area contributed by atoms with Crippen LogP contribution in [0.2, 0.25) is 10.0 Å². The predicted octanol–water partition coefficient (Wildman–Crippen LogP) is 3.62. The lowest BCUT2D eigenvalue weighted by Crippen LogP contribution is -2.05. The molecule has 1 heterocycles. The van der Waals surface area contributed by atoms with Gasteiger partial charge in [0.25, 0.3) is 0 Å². The molecular weight excluding hydrogens is 283 g/mol. The molecule has 4 nitrogen and oxygen atoms in total. The van der Waals surface area contributed by atoms with E-state index in [1.54, 1.807) is 19.3 Å². The van der Waals surface area contributed by atoms with Crippen LogP contribution < -0.4 is 16.4 Å². The molecule has 0 fully saturated rings. The van der Waals surface area contributed by atoms with Crippen molar-refractivity contribution in [2.45, 2.75) is 6.54 Å². The second-order valence-electron chi connectivity index (χ2n) is 3.97. The molecule has 0 spiro atoms. The molecule has 0 atom stereocenters. The Kier molecular flexibility index (Phi) is 4.35. The summed E-state index contributed by atoms with van der Waals surface area (Å²) in [6.07, 6.45) is 1.60. The van der Waals surface area contributed by atoms with Gasteiger partial charge in [-0.15, -0.1) is 0 Å². The molecule has 2 rings (SSSR count). The van der Waals surface area contributed by atoms with Crippen molar-refractivity contribution < 1.29 is 0 Å². The summed E-state index contributed by atoms with van der Waals surface area (Å²) in [7, 11) is 1.80. The molecule has 0 unspecified atom stereocenters. The summed E-state index contributed by atoms with van der Waals surface area (Å²) < 4.78 is 0. The minimum Gasteiger partial charge on any atom is -0.396 e. The van der Waals surface area contributed by atoms with Gasteiger partial charge in [0.05, 0.1) is 27.6 Å². The highest BCUT2D eigenvalue weighted by atomic mass is 35.5. The van der Waals surface area contributed by atoms with E-state index in [4.69, 9.17) is 28.9 Å².